The Kier molecular flexibility index (Phi) is 3.31. The van der Waals surface area contributed by atoms with Gasteiger partial charge in [0.1, 0.15) is 7.05 Å². The van der Waals surface area contributed by atoms with E-state index in [1.54, 1.807) is 0 Å². The Bertz CT molecular complexity index is 289. The van der Waals surface area contributed by atoms with E-state index >= 15 is 0 Å². The van der Waals surface area contributed by atoms with Crippen molar-refractivity contribution in [3.63, 3.8) is 0 Å². The minimum absolute atomic E-state index is 0.364. The summed E-state index contributed by atoms with van der Waals surface area (Å²) in [5, 5.41) is 11.1. The van der Waals surface area contributed by atoms with Gasteiger partial charge in [0, 0.05) is 0 Å². The van der Waals surface area contributed by atoms with Crippen molar-refractivity contribution in [3.05, 3.63) is 41.1 Å². The van der Waals surface area contributed by atoms with Crippen LogP contribution in [0, 0.1) is 5.21 Å². The summed E-state index contributed by atoms with van der Waals surface area (Å²) >= 11 is 0. The summed E-state index contributed by atoms with van der Waals surface area (Å²) in [4.78, 5) is 0. The molecule has 0 radical (unpaired) electrons. The first-order chi connectivity index (χ1) is 6.25. The zero-order valence-electron chi connectivity index (χ0n) is 7.86. The zero-order chi connectivity index (χ0) is 9.68. The second-order valence-electron chi connectivity index (χ2n) is 2.60. The molecular weight excluding hydrogens is 166 g/mol. The number of ether oxygens (including phenoxy) is 1. The first kappa shape index (κ1) is 9.58. The average molecular weight is 179 g/mol. The maximum atomic E-state index is 11.1. The number of hydrogen-bond acceptors (Lipinski definition) is 2. The highest BCUT2D eigenvalue weighted by molar-refractivity contribution is 5.90. The first-order valence-corrected chi connectivity index (χ1v) is 4.21. The summed E-state index contributed by atoms with van der Waals surface area (Å²) in [6.45, 7) is 2.35. The molecule has 3 heteroatoms. The summed E-state index contributed by atoms with van der Waals surface area (Å²) < 4.78 is 5.95. The molecule has 1 aromatic rings. The molecule has 0 aromatic heterocycles. The summed E-state index contributed by atoms with van der Waals surface area (Å²) in [7, 11) is 1.43. The van der Waals surface area contributed by atoms with Gasteiger partial charge in [-0.15, -0.1) is 0 Å². The predicted molar refractivity (Wildman–Crippen MR) is 51.7 cm³/mol. The van der Waals surface area contributed by atoms with Gasteiger partial charge in [0.15, 0.2) is 0 Å². The van der Waals surface area contributed by atoms with Crippen LogP contribution < -0.4 is 0 Å². The topological polar surface area (TPSA) is 35.3 Å². The molecule has 0 heterocycles. The van der Waals surface area contributed by atoms with Crippen molar-refractivity contribution in [2.75, 3.05) is 13.7 Å². The molecule has 0 aliphatic rings. The molecule has 0 saturated carbocycles. The first-order valence-electron chi connectivity index (χ1n) is 4.21. The molecule has 0 N–H and O–H groups in total. The number of hydrogen-bond donors (Lipinski definition) is 0. The maximum absolute atomic E-state index is 11.1. The number of rotatable bonds is 2. The van der Waals surface area contributed by atoms with Crippen LogP contribution >= 0.6 is 0 Å². The minimum atomic E-state index is 0.364. The Morgan fingerprint density at radius 1 is 1.38 bits per heavy atom. The van der Waals surface area contributed by atoms with E-state index in [-0.39, 0.29) is 0 Å². The Balaban J connectivity index is 2.97. The van der Waals surface area contributed by atoms with E-state index in [4.69, 9.17) is 4.74 Å². The molecule has 0 bridgehead atoms. The SMILES string of the molecule is CCO/C(c1ccccc1)=[N+](/C)[O-]. The molecule has 0 atom stereocenters. The molecule has 0 aliphatic heterocycles. The average Bonchev–Trinajstić information content (AvgIpc) is 2.15. The van der Waals surface area contributed by atoms with Crippen LogP contribution in [0.2, 0.25) is 0 Å². The van der Waals surface area contributed by atoms with Gasteiger partial charge in [-0.3, -0.25) is 0 Å². The van der Waals surface area contributed by atoms with E-state index in [9.17, 15) is 5.21 Å². The molecule has 0 saturated heterocycles. The van der Waals surface area contributed by atoms with Crippen molar-refractivity contribution in [2.45, 2.75) is 6.92 Å². The van der Waals surface area contributed by atoms with Gasteiger partial charge in [-0.05, 0) is 19.1 Å². The fourth-order valence-corrected chi connectivity index (χ4v) is 1.07. The fourth-order valence-electron chi connectivity index (χ4n) is 1.07. The molecule has 0 amide bonds. The molecule has 1 aromatic carbocycles. The summed E-state index contributed by atoms with van der Waals surface area (Å²) in [5.74, 6) is 0.364. The molecule has 1 rings (SSSR count). The van der Waals surface area contributed by atoms with Crippen molar-refractivity contribution in [1.29, 1.82) is 0 Å². The van der Waals surface area contributed by atoms with Crippen LogP contribution in [0.1, 0.15) is 12.5 Å². The van der Waals surface area contributed by atoms with Crippen LogP contribution in [0.3, 0.4) is 0 Å². The van der Waals surface area contributed by atoms with Gasteiger partial charge >= 0.3 is 5.90 Å². The molecule has 3 nitrogen and oxygen atoms in total. The van der Waals surface area contributed by atoms with E-state index in [0.717, 1.165) is 10.3 Å². The van der Waals surface area contributed by atoms with Crippen molar-refractivity contribution in [1.82, 2.24) is 0 Å². The molecule has 70 valence electrons. The number of hydroxylamine groups is 1. The normalized spacial score (nSPS) is 12.2. The van der Waals surface area contributed by atoms with Gasteiger partial charge in [-0.2, -0.15) is 4.74 Å². The highest BCUT2D eigenvalue weighted by Crippen LogP contribution is 2.01. The van der Waals surface area contributed by atoms with Crippen LogP contribution in [-0.4, -0.2) is 24.3 Å². The molecule has 0 spiro atoms. The largest absolute Gasteiger partial charge is 0.621 e. The third-order valence-corrected chi connectivity index (χ3v) is 1.59. The van der Waals surface area contributed by atoms with Crippen LogP contribution in [-0.2, 0) is 4.74 Å². The fraction of sp³-hybridized carbons (Fsp3) is 0.300. The van der Waals surface area contributed by atoms with Crippen molar-refractivity contribution >= 4 is 5.90 Å². The van der Waals surface area contributed by atoms with Gasteiger partial charge in [0.25, 0.3) is 0 Å². The number of benzene rings is 1. The van der Waals surface area contributed by atoms with E-state index < -0.39 is 0 Å². The smallest absolute Gasteiger partial charge is 0.381 e. The molecule has 0 aliphatic carbocycles. The molecule has 0 unspecified atom stereocenters. The quantitative estimate of drug-likeness (QED) is 0.227. The Morgan fingerprint density at radius 3 is 2.46 bits per heavy atom. The molecule has 0 fully saturated rings. The second-order valence-corrected chi connectivity index (χ2v) is 2.60. The summed E-state index contributed by atoms with van der Waals surface area (Å²) in [6.07, 6.45) is 0. The second kappa shape index (κ2) is 4.50. The van der Waals surface area contributed by atoms with Crippen LogP contribution in [0.25, 0.3) is 0 Å². The highest BCUT2D eigenvalue weighted by atomic mass is 16.5. The van der Waals surface area contributed by atoms with E-state index in [1.165, 1.54) is 7.05 Å². The van der Waals surface area contributed by atoms with Gasteiger partial charge in [0.05, 0.1) is 12.2 Å². The maximum Gasteiger partial charge on any atom is 0.381 e. The van der Waals surface area contributed by atoms with Crippen molar-refractivity contribution < 1.29 is 9.48 Å². The van der Waals surface area contributed by atoms with E-state index in [1.807, 2.05) is 37.3 Å². The van der Waals surface area contributed by atoms with E-state index in [2.05, 4.69) is 0 Å². The minimum Gasteiger partial charge on any atom is -0.621 e. The standard InChI is InChI=1S/C10H13NO2/c1-3-13-10(11(2)12)9-7-5-4-6-8-9/h4-8H,3H2,1-2H3/b11-10-. The van der Waals surface area contributed by atoms with Gasteiger partial charge < -0.3 is 9.94 Å². The van der Waals surface area contributed by atoms with Gasteiger partial charge in [0.2, 0.25) is 0 Å². The Morgan fingerprint density at radius 2 is 2.00 bits per heavy atom. The molecular formula is C10H13NO2. The van der Waals surface area contributed by atoms with Crippen LogP contribution in [0.4, 0.5) is 0 Å². The van der Waals surface area contributed by atoms with E-state index in [0.29, 0.717) is 12.5 Å². The molecule has 13 heavy (non-hydrogen) atoms. The monoisotopic (exact) mass is 179 g/mol. The lowest BCUT2D eigenvalue weighted by atomic mass is 10.2. The summed E-state index contributed by atoms with van der Waals surface area (Å²) in [6, 6.07) is 9.34. The third-order valence-electron chi connectivity index (χ3n) is 1.59. The van der Waals surface area contributed by atoms with Crippen LogP contribution in [0.15, 0.2) is 30.3 Å². The Labute approximate surface area is 77.9 Å². The zero-order valence-corrected chi connectivity index (χ0v) is 7.86. The number of nitrogens with zero attached hydrogens (tertiary/aromatic N) is 1. The van der Waals surface area contributed by atoms with Gasteiger partial charge in [-0.1, -0.05) is 18.2 Å². The lowest BCUT2D eigenvalue weighted by Crippen LogP contribution is -2.17. The highest BCUT2D eigenvalue weighted by Gasteiger charge is 2.10. The lowest BCUT2D eigenvalue weighted by Gasteiger charge is -2.06. The predicted octanol–water partition coefficient (Wildman–Crippen LogP) is 1.61. The third kappa shape index (κ3) is 2.47. The van der Waals surface area contributed by atoms with Gasteiger partial charge in [-0.25, -0.2) is 0 Å². The van der Waals surface area contributed by atoms with Crippen LogP contribution in [0.5, 0.6) is 0 Å². The van der Waals surface area contributed by atoms with Crippen molar-refractivity contribution in [2.24, 2.45) is 0 Å². The lowest BCUT2D eigenvalue weighted by molar-refractivity contribution is -0.432. The summed E-state index contributed by atoms with van der Waals surface area (Å²) in [5.41, 5.74) is 0.807. The van der Waals surface area contributed by atoms with Crippen molar-refractivity contribution in [3.8, 4) is 0 Å². The Hall–Kier alpha value is -1.51.